The summed E-state index contributed by atoms with van der Waals surface area (Å²) in [5.74, 6) is 0. The van der Waals surface area contributed by atoms with E-state index in [2.05, 4.69) is 24.3 Å². The quantitative estimate of drug-likeness (QED) is 0.751. The zero-order valence-corrected chi connectivity index (χ0v) is 9.47. The van der Waals surface area contributed by atoms with Crippen LogP contribution in [0.15, 0.2) is 24.3 Å². The van der Waals surface area contributed by atoms with Gasteiger partial charge in [0, 0.05) is 13.1 Å². The fourth-order valence-corrected chi connectivity index (χ4v) is 1.07. The van der Waals surface area contributed by atoms with Gasteiger partial charge in [-0.25, -0.2) is 0 Å². The first-order chi connectivity index (χ1) is 6.20. The molecule has 0 aliphatic carbocycles. The van der Waals surface area contributed by atoms with Gasteiger partial charge in [-0.15, -0.1) is 12.4 Å². The van der Waals surface area contributed by atoms with E-state index in [9.17, 15) is 0 Å². The third-order valence-corrected chi connectivity index (χ3v) is 1.84. The van der Waals surface area contributed by atoms with Crippen molar-refractivity contribution in [1.29, 1.82) is 0 Å². The fraction of sp³-hybridized carbons (Fsp3) is 0.400. The van der Waals surface area contributed by atoms with E-state index in [0.29, 0.717) is 0 Å². The lowest BCUT2D eigenvalue weighted by Gasteiger charge is -2.12. The molecule has 0 aliphatic rings. The second-order valence-electron chi connectivity index (χ2n) is 3.32. The Labute approximate surface area is 91.7 Å². The van der Waals surface area contributed by atoms with E-state index in [1.54, 1.807) is 0 Å². The minimum atomic E-state index is 0. The Kier molecular flexibility index (Phi) is 6.08. The summed E-state index contributed by atoms with van der Waals surface area (Å²) in [4.78, 5) is 2.13. The molecule has 3 N–H and O–H groups in total. The maximum absolute atomic E-state index is 5.76. The molecule has 0 aromatic heterocycles. The molecule has 0 saturated carbocycles. The van der Waals surface area contributed by atoms with Crippen molar-refractivity contribution in [2.45, 2.75) is 0 Å². The van der Waals surface area contributed by atoms with Crippen LogP contribution < -0.4 is 11.1 Å². The molecule has 0 saturated heterocycles. The summed E-state index contributed by atoms with van der Waals surface area (Å²) in [7, 11) is 4.10. The van der Waals surface area contributed by atoms with Crippen molar-refractivity contribution in [3.8, 4) is 0 Å². The number of anilines is 2. The number of benzene rings is 1. The Morgan fingerprint density at radius 2 is 1.93 bits per heavy atom. The van der Waals surface area contributed by atoms with Gasteiger partial charge in [0.15, 0.2) is 0 Å². The van der Waals surface area contributed by atoms with E-state index >= 15 is 0 Å². The second kappa shape index (κ2) is 6.51. The van der Waals surface area contributed by atoms with E-state index < -0.39 is 0 Å². The van der Waals surface area contributed by atoms with Gasteiger partial charge < -0.3 is 16.0 Å². The molecule has 4 heteroatoms. The molecule has 0 unspecified atom stereocenters. The molecule has 0 amide bonds. The summed E-state index contributed by atoms with van der Waals surface area (Å²) in [5.41, 5.74) is 7.59. The van der Waals surface area contributed by atoms with Crippen molar-refractivity contribution in [3.63, 3.8) is 0 Å². The van der Waals surface area contributed by atoms with Gasteiger partial charge >= 0.3 is 0 Å². The van der Waals surface area contributed by atoms with E-state index in [1.165, 1.54) is 0 Å². The zero-order valence-electron chi connectivity index (χ0n) is 8.66. The first kappa shape index (κ1) is 13.1. The first-order valence-electron chi connectivity index (χ1n) is 4.43. The molecule has 0 aliphatic heterocycles. The molecule has 0 spiro atoms. The lowest BCUT2D eigenvalue weighted by molar-refractivity contribution is 0.425. The number of nitrogen functional groups attached to an aromatic ring is 1. The predicted molar refractivity (Wildman–Crippen MR) is 65.1 cm³/mol. The molecule has 0 bridgehead atoms. The molecule has 0 radical (unpaired) electrons. The minimum Gasteiger partial charge on any atom is -0.397 e. The molecule has 3 nitrogen and oxygen atoms in total. The molecule has 80 valence electrons. The summed E-state index contributed by atoms with van der Waals surface area (Å²) in [5, 5.41) is 3.28. The third-order valence-electron chi connectivity index (χ3n) is 1.84. The Morgan fingerprint density at radius 1 is 1.29 bits per heavy atom. The molecule has 1 aromatic rings. The van der Waals surface area contributed by atoms with Crippen molar-refractivity contribution < 1.29 is 0 Å². The van der Waals surface area contributed by atoms with Crippen molar-refractivity contribution in [2.75, 3.05) is 38.2 Å². The topological polar surface area (TPSA) is 41.3 Å². The van der Waals surface area contributed by atoms with Crippen molar-refractivity contribution in [1.82, 2.24) is 4.90 Å². The highest BCUT2D eigenvalue weighted by Gasteiger charge is 1.95. The SMILES string of the molecule is CN(C)CCNc1ccccc1N.Cl. The van der Waals surface area contributed by atoms with Crippen LogP contribution in [0.1, 0.15) is 0 Å². The molecule has 1 aromatic carbocycles. The highest BCUT2D eigenvalue weighted by molar-refractivity contribution is 5.85. The van der Waals surface area contributed by atoms with Gasteiger partial charge in [0.1, 0.15) is 0 Å². The average molecular weight is 216 g/mol. The monoisotopic (exact) mass is 215 g/mol. The third kappa shape index (κ3) is 4.35. The normalized spacial score (nSPS) is 9.64. The molecular weight excluding hydrogens is 198 g/mol. The molecule has 0 atom stereocenters. The van der Waals surface area contributed by atoms with Gasteiger partial charge in [-0.2, -0.15) is 0 Å². The van der Waals surface area contributed by atoms with Crippen molar-refractivity contribution in [2.24, 2.45) is 0 Å². The predicted octanol–water partition coefficient (Wildman–Crippen LogP) is 1.66. The van der Waals surface area contributed by atoms with Crippen LogP contribution in [0.25, 0.3) is 0 Å². The Bertz CT molecular complexity index is 263. The van der Waals surface area contributed by atoms with Crippen LogP contribution in [0, 0.1) is 0 Å². The fourth-order valence-electron chi connectivity index (χ4n) is 1.07. The van der Waals surface area contributed by atoms with Crippen LogP contribution in [-0.4, -0.2) is 32.1 Å². The van der Waals surface area contributed by atoms with Crippen LogP contribution in [0.5, 0.6) is 0 Å². The van der Waals surface area contributed by atoms with Gasteiger partial charge in [0.2, 0.25) is 0 Å². The van der Waals surface area contributed by atoms with E-state index in [-0.39, 0.29) is 12.4 Å². The van der Waals surface area contributed by atoms with Crippen molar-refractivity contribution in [3.05, 3.63) is 24.3 Å². The molecule has 0 fully saturated rings. The summed E-state index contributed by atoms with van der Waals surface area (Å²) in [6.45, 7) is 1.93. The van der Waals surface area contributed by atoms with Crippen LogP contribution >= 0.6 is 12.4 Å². The van der Waals surface area contributed by atoms with Gasteiger partial charge in [0.05, 0.1) is 11.4 Å². The Morgan fingerprint density at radius 3 is 2.50 bits per heavy atom. The van der Waals surface area contributed by atoms with Crippen LogP contribution in [0.4, 0.5) is 11.4 Å². The van der Waals surface area contributed by atoms with Crippen molar-refractivity contribution >= 4 is 23.8 Å². The van der Waals surface area contributed by atoms with Gasteiger partial charge in [0.25, 0.3) is 0 Å². The summed E-state index contributed by atoms with van der Waals surface area (Å²) >= 11 is 0. The lowest BCUT2D eigenvalue weighted by Crippen LogP contribution is -2.21. The molecule has 1 rings (SSSR count). The lowest BCUT2D eigenvalue weighted by atomic mass is 10.3. The second-order valence-corrected chi connectivity index (χ2v) is 3.32. The maximum atomic E-state index is 5.76. The van der Waals surface area contributed by atoms with Crippen LogP contribution in [-0.2, 0) is 0 Å². The first-order valence-corrected chi connectivity index (χ1v) is 4.43. The number of nitrogens with two attached hydrogens (primary N) is 1. The number of para-hydroxylation sites is 2. The number of nitrogens with zero attached hydrogens (tertiary/aromatic N) is 1. The number of likely N-dealkylation sites (N-methyl/N-ethyl adjacent to an activating group) is 1. The van der Waals surface area contributed by atoms with E-state index in [0.717, 1.165) is 24.5 Å². The highest BCUT2D eigenvalue weighted by atomic mass is 35.5. The smallest absolute Gasteiger partial charge is 0.0574 e. The van der Waals surface area contributed by atoms with E-state index in [4.69, 9.17) is 5.73 Å². The number of nitrogens with one attached hydrogen (secondary N) is 1. The number of hydrogen-bond donors (Lipinski definition) is 2. The largest absolute Gasteiger partial charge is 0.397 e. The van der Waals surface area contributed by atoms with Gasteiger partial charge in [-0.05, 0) is 26.2 Å². The summed E-state index contributed by atoms with van der Waals surface area (Å²) in [6, 6.07) is 7.81. The molecular formula is C10H18ClN3. The summed E-state index contributed by atoms with van der Waals surface area (Å²) in [6.07, 6.45) is 0. The van der Waals surface area contributed by atoms with Crippen LogP contribution in [0.3, 0.4) is 0 Å². The molecule has 14 heavy (non-hydrogen) atoms. The Hall–Kier alpha value is -0.930. The number of halogens is 1. The standard InChI is InChI=1S/C10H17N3.ClH/c1-13(2)8-7-12-10-6-4-3-5-9(10)11;/h3-6,12H,7-8,11H2,1-2H3;1H. The minimum absolute atomic E-state index is 0. The highest BCUT2D eigenvalue weighted by Crippen LogP contribution is 2.15. The Balaban J connectivity index is 0.00000169. The molecule has 0 heterocycles. The number of rotatable bonds is 4. The maximum Gasteiger partial charge on any atom is 0.0574 e. The average Bonchev–Trinajstić information content (AvgIpc) is 2.08. The number of hydrogen-bond acceptors (Lipinski definition) is 3. The zero-order chi connectivity index (χ0) is 9.68. The van der Waals surface area contributed by atoms with E-state index in [1.807, 2.05) is 24.3 Å². The van der Waals surface area contributed by atoms with Gasteiger partial charge in [-0.3, -0.25) is 0 Å². The summed E-state index contributed by atoms with van der Waals surface area (Å²) < 4.78 is 0. The van der Waals surface area contributed by atoms with Gasteiger partial charge in [-0.1, -0.05) is 12.1 Å². The van der Waals surface area contributed by atoms with Crippen LogP contribution in [0.2, 0.25) is 0 Å².